The lowest BCUT2D eigenvalue weighted by Crippen LogP contribution is -2.22. The van der Waals surface area contributed by atoms with E-state index >= 15 is 0 Å². The second kappa shape index (κ2) is 6.76. The molecule has 1 aromatic heterocycles. The van der Waals surface area contributed by atoms with Gasteiger partial charge in [-0.25, -0.2) is 0 Å². The maximum absolute atomic E-state index is 12.5. The number of rotatable bonds is 3. The van der Waals surface area contributed by atoms with E-state index in [2.05, 4.69) is 26.4 Å². The van der Waals surface area contributed by atoms with Crippen LogP contribution in [0.4, 0.5) is 5.69 Å². The van der Waals surface area contributed by atoms with Gasteiger partial charge >= 0.3 is 0 Å². The Morgan fingerprint density at radius 3 is 2.75 bits per heavy atom. The molecule has 0 atom stereocenters. The molecule has 1 amide bonds. The van der Waals surface area contributed by atoms with E-state index in [1.165, 1.54) is 7.11 Å². The highest BCUT2D eigenvalue weighted by molar-refractivity contribution is 9.10. The molecule has 0 fully saturated rings. The van der Waals surface area contributed by atoms with Crippen molar-refractivity contribution in [2.24, 2.45) is 5.16 Å². The van der Waals surface area contributed by atoms with Crippen LogP contribution in [0.15, 0.2) is 62.6 Å². The number of fused-ring (bicyclic) bond motifs is 1. The molecule has 2 aromatic carbocycles. The topological polar surface area (TPSA) is 84.1 Å². The summed E-state index contributed by atoms with van der Waals surface area (Å²) in [4.78, 5) is 12.5. The van der Waals surface area contributed by atoms with Gasteiger partial charge in [-0.05, 0) is 45.4 Å². The number of nitrogens with one attached hydrogen (secondary N) is 1. The molecule has 0 aliphatic rings. The van der Waals surface area contributed by atoms with Gasteiger partial charge in [-0.15, -0.1) is 0 Å². The minimum absolute atomic E-state index is 0.106. The lowest BCUT2D eigenvalue weighted by molar-refractivity contribution is 0.102. The molecule has 7 heteroatoms. The summed E-state index contributed by atoms with van der Waals surface area (Å²) in [6.07, 6.45) is 0. The molecule has 0 unspecified atom stereocenters. The summed E-state index contributed by atoms with van der Waals surface area (Å²) in [5, 5.41) is 15.7. The fraction of sp³-hybridized carbons (Fsp3) is 0.0588. The van der Waals surface area contributed by atoms with Gasteiger partial charge < -0.3 is 19.7 Å². The smallest absolute Gasteiger partial charge is 0.268 e. The molecule has 0 saturated heterocycles. The lowest BCUT2D eigenvalue weighted by Gasteiger charge is -2.09. The highest BCUT2D eigenvalue weighted by Crippen LogP contribution is 2.25. The maximum atomic E-state index is 12.5. The zero-order valence-corrected chi connectivity index (χ0v) is 14.2. The number of methoxy groups -OCH3 is 1. The second-order valence-electron chi connectivity index (χ2n) is 4.88. The number of nitrogens with zero attached hydrogens (tertiary/aromatic N) is 1. The molecular formula is C17H13BrN2O4. The van der Waals surface area contributed by atoms with E-state index in [-0.39, 0.29) is 11.1 Å². The van der Waals surface area contributed by atoms with Gasteiger partial charge in [-0.3, -0.25) is 4.79 Å². The predicted octanol–water partition coefficient (Wildman–Crippen LogP) is 3.75. The molecule has 0 spiro atoms. The number of benzene rings is 2. The van der Waals surface area contributed by atoms with Crippen LogP contribution < -0.4 is 15.6 Å². The molecule has 6 nitrogen and oxygen atoms in total. The van der Waals surface area contributed by atoms with Crippen molar-refractivity contribution < 1.29 is 19.2 Å². The number of carbonyl (C=O) groups is 1. The third kappa shape index (κ3) is 2.98. The van der Waals surface area contributed by atoms with Crippen molar-refractivity contribution in [1.29, 1.82) is 0 Å². The fourth-order valence-corrected chi connectivity index (χ4v) is 2.66. The molecule has 0 bridgehead atoms. The Labute approximate surface area is 145 Å². The van der Waals surface area contributed by atoms with Crippen LogP contribution in [0.25, 0.3) is 11.0 Å². The number of halogens is 1. The van der Waals surface area contributed by atoms with E-state index in [1.807, 2.05) is 12.1 Å². The molecule has 3 rings (SSSR count). The van der Waals surface area contributed by atoms with Gasteiger partial charge in [0, 0.05) is 9.86 Å². The molecule has 0 aliphatic heterocycles. The molecule has 0 radical (unpaired) electrons. The zero-order valence-electron chi connectivity index (χ0n) is 12.6. The van der Waals surface area contributed by atoms with Crippen LogP contribution in [0.3, 0.4) is 0 Å². The van der Waals surface area contributed by atoms with Crippen LogP contribution in [-0.4, -0.2) is 18.2 Å². The van der Waals surface area contributed by atoms with Gasteiger partial charge in [0.25, 0.3) is 11.5 Å². The Hall–Kier alpha value is -2.80. The molecule has 3 aromatic rings. The van der Waals surface area contributed by atoms with Gasteiger partial charge in [0.2, 0.25) is 0 Å². The molecule has 122 valence electrons. The van der Waals surface area contributed by atoms with Crippen molar-refractivity contribution in [1.82, 2.24) is 0 Å². The van der Waals surface area contributed by atoms with Crippen molar-refractivity contribution in [3.63, 3.8) is 0 Å². The van der Waals surface area contributed by atoms with Crippen molar-refractivity contribution >= 4 is 38.5 Å². The van der Waals surface area contributed by atoms with Crippen molar-refractivity contribution in [3.05, 3.63) is 64.1 Å². The Morgan fingerprint density at radius 1 is 1.25 bits per heavy atom. The van der Waals surface area contributed by atoms with Crippen LogP contribution in [-0.2, 0) is 0 Å². The lowest BCUT2D eigenvalue weighted by atomic mass is 10.1. The highest BCUT2D eigenvalue weighted by Gasteiger charge is 2.15. The zero-order chi connectivity index (χ0) is 17.1. The average molecular weight is 389 g/mol. The van der Waals surface area contributed by atoms with Crippen LogP contribution in [0.5, 0.6) is 5.75 Å². The first kappa shape index (κ1) is 16.1. The molecule has 0 saturated carbocycles. The number of hydrogen-bond donors (Lipinski definition) is 2. The average Bonchev–Trinajstić information content (AvgIpc) is 2.61. The van der Waals surface area contributed by atoms with Crippen LogP contribution >= 0.6 is 15.9 Å². The summed E-state index contributed by atoms with van der Waals surface area (Å²) >= 11 is 3.36. The standard InChI is InChI=1S/C17H13BrN2O4/c1-23-14-8-4-5-10-9-11(17(20-22)24-15(10)14)16(21)19-13-7-3-2-6-12(13)18/h2-9,22H,1H3,(H,19,21)/b20-17+. The summed E-state index contributed by atoms with van der Waals surface area (Å²) in [6, 6.07) is 14.1. The van der Waals surface area contributed by atoms with Crippen LogP contribution in [0, 0.1) is 0 Å². The predicted molar refractivity (Wildman–Crippen MR) is 92.2 cm³/mol. The molecular weight excluding hydrogens is 376 g/mol. The first-order valence-electron chi connectivity index (χ1n) is 6.99. The van der Waals surface area contributed by atoms with Gasteiger partial charge in [-0.1, -0.05) is 24.3 Å². The minimum atomic E-state index is -0.455. The summed E-state index contributed by atoms with van der Waals surface area (Å²) in [5.41, 5.74) is 0.896. The minimum Gasteiger partial charge on any atom is -0.493 e. The van der Waals surface area contributed by atoms with E-state index in [4.69, 9.17) is 9.15 Å². The van der Waals surface area contributed by atoms with Crippen molar-refractivity contribution in [2.45, 2.75) is 0 Å². The summed E-state index contributed by atoms with van der Waals surface area (Å²) in [5.74, 6) is 0.0262. The molecule has 0 aliphatic carbocycles. The monoisotopic (exact) mass is 388 g/mol. The van der Waals surface area contributed by atoms with E-state index in [9.17, 15) is 10.0 Å². The number of carbonyl (C=O) groups excluding carboxylic acids is 1. The third-order valence-electron chi connectivity index (χ3n) is 3.42. The van der Waals surface area contributed by atoms with Gasteiger partial charge in [0.15, 0.2) is 11.3 Å². The molecule has 24 heavy (non-hydrogen) atoms. The second-order valence-corrected chi connectivity index (χ2v) is 5.73. The van der Waals surface area contributed by atoms with Crippen LogP contribution in [0.1, 0.15) is 10.4 Å². The normalized spacial score (nSPS) is 11.5. The number of amides is 1. The van der Waals surface area contributed by atoms with Crippen molar-refractivity contribution in [3.8, 4) is 5.75 Å². The molecule has 2 N–H and O–H groups in total. The number of anilines is 1. The summed E-state index contributed by atoms with van der Waals surface area (Å²) in [6.45, 7) is 0. The SMILES string of the molecule is COc1cccc2cc(C(=O)Nc3ccccc3Br)/c(=N\O)oc12. The van der Waals surface area contributed by atoms with Gasteiger partial charge in [-0.2, -0.15) is 0 Å². The first-order chi connectivity index (χ1) is 11.6. The highest BCUT2D eigenvalue weighted by atomic mass is 79.9. The van der Waals surface area contributed by atoms with E-state index < -0.39 is 5.91 Å². The maximum Gasteiger partial charge on any atom is 0.268 e. The number of para-hydroxylation sites is 2. The Kier molecular flexibility index (Phi) is 4.52. The third-order valence-corrected chi connectivity index (χ3v) is 4.11. The number of hydrogen-bond acceptors (Lipinski definition) is 5. The summed E-state index contributed by atoms with van der Waals surface area (Å²) in [7, 11) is 1.51. The van der Waals surface area contributed by atoms with Crippen LogP contribution in [0.2, 0.25) is 0 Å². The number of ether oxygens (including phenoxy) is 1. The quantitative estimate of drug-likeness (QED) is 0.528. The summed E-state index contributed by atoms with van der Waals surface area (Å²) < 4.78 is 11.5. The molecule has 1 heterocycles. The Bertz CT molecular complexity index is 982. The van der Waals surface area contributed by atoms with E-state index in [0.717, 1.165) is 4.47 Å². The Balaban J connectivity index is 2.09. The first-order valence-corrected chi connectivity index (χ1v) is 7.78. The largest absolute Gasteiger partial charge is 0.493 e. The van der Waals surface area contributed by atoms with Gasteiger partial charge in [0.1, 0.15) is 5.56 Å². The van der Waals surface area contributed by atoms with Gasteiger partial charge in [0.05, 0.1) is 12.8 Å². The fourth-order valence-electron chi connectivity index (χ4n) is 2.27. The van der Waals surface area contributed by atoms with E-state index in [1.54, 1.807) is 36.4 Å². The Morgan fingerprint density at radius 2 is 2.04 bits per heavy atom. The van der Waals surface area contributed by atoms with Crippen molar-refractivity contribution in [2.75, 3.05) is 12.4 Å². The van der Waals surface area contributed by atoms with E-state index in [0.29, 0.717) is 22.4 Å².